The van der Waals surface area contributed by atoms with Crippen molar-refractivity contribution in [3.8, 4) is 10.6 Å². The maximum absolute atomic E-state index is 12.7. The smallest absolute Gasteiger partial charge is 0.342 e. The maximum Gasteiger partial charge on any atom is 0.416 e. The SMILES string of the molecule is O=C(Cc1csc(-c2ccc(C(F)(F)F)cc2)n1)N1CCC(C(=O)N2CCCCC2)CC1. The van der Waals surface area contributed by atoms with Gasteiger partial charge in [-0.25, -0.2) is 4.98 Å². The fraction of sp³-hybridized carbons (Fsp3) is 0.522. The Morgan fingerprint density at radius 1 is 0.969 bits per heavy atom. The highest BCUT2D eigenvalue weighted by Gasteiger charge is 2.31. The maximum atomic E-state index is 12.7. The van der Waals surface area contributed by atoms with Crippen LogP contribution in [0.1, 0.15) is 43.4 Å². The van der Waals surface area contributed by atoms with Gasteiger partial charge in [-0.1, -0.05) is 12.1 Å². The lowest BCUT2D eigenvalue weighted by Crippen LogP contribution is -2.46. The third-order valence-electron chi connectivity index (χ3n) is 6.21. The summed E-state index contributed by atoms with van der Waals surface area (Å²) in [5.41, 5.74) is 0.510. The van der Waals surface area contributed by atoms with E-state index in [0.29, 0.717) is 42.2 Å². The molecule has 1 aromatic heterocycles. The molecule has 172 valence electrons. The van der Waals surface area contributed by atoms with E-state index < -0.39 is 11.7 Å². The van der Waals surface area contributed by atoms with Crippen LogP contribution in [0, 0.1) is 5.92 Å². The van der Waals surface area contributed by atoms with Crippen molar-refractivity contribution in [2.75, 3.05) is 26.2 Å². The molecule has 0 unspecified atom stereocenters. The number of hydrogen-bond acceptors (Lipinski definition) is 4. The number of carbonyl (C=O) groups excluding carboxylic acids is 2. The second kappa shape index (κ2) is 9.60. The van der Waals surface area contributed by atoms with Crippen LogP contribution in [0.15, 0.2) is 29.6 Å². The Morgan fingerprint density at radius 2 is 1.62 bits per heavy atom. The molecule has 2 aliphatic rings. The topological polar surface area (TPSA) is 53.5 Å². The van der Waals surface area contributed by atoms with Gasteiger partial charge in [0.25, 0.3) is 0 Å². The summed E-state index contributed by atoms with van der Waals surface area (Å²) >= 11 is 1.31. The molecule has 0 spiro atoms. The second-order valence-corrected chi connectivity index (χ2v) is 9.29. The van der Waals surface area contributed by atoms with Gasteiger partial charge in [0, 0.05) is 43.0 Å². The Balaban J connectivity index is 1.29. The number of nitrogens with zero attached hydrogens (tertiary/aromatic N) is 3. The summed E-state index contributed by atoms with van der Waals surface area (Å²) in [7, 11) is 0. The van der Waals surface area contributed by atoms with E-state index in [0.717, 1.165) is 38.1 Å². The molecule has 1 aromatic carbocycles. The molecular formula is C23H26F3N3O2S. The predicted octanol–water partition coefficient (Wildman–Crippen LogP) is 4.62. The van der Waals surface area contributed by atoms with Crippen LogP contribution >= 0.6 is 11.3 Å². The first-order chi connectivity index (χ1) is 15.3. The summed E-state index contributed by atoms with van der Waals surface area (Å²) in [5, 5.41) is 2.37. The molecule has 0 atom stereocenters. The monoisotopic (exact) mass is 465 g/mol. The van der Waals surface area contributed by atoms with Crippen LogP contribution in [0.4, 0.5) is 13.2 Å². The molecule has 9 heteroatoms. The number of halogens is 3. The third kappa shape index (κ3) is 5.31. The molecule has 2 saturated heterocycles. The van der Waals surface area contributed by atoms with Crippen LogP contribution in [-0.2, 0) is 22.2 Å². The van der Waals surface area contributed by atoms with Gasteiger partial charge in [0.1, 0.15) is 5.01 Å². The number of piperidine rings is 2. The number of rotatable bonds is 4. The van der Waals surface area contributed by atoms with Crippen molar-refractivity contribution >= 4 is 23.2 Å². The first kappa shape index (κ1) is 22.8. The number of amides is 2. The molecule has 2 aromatic rings. The van der Waals surface area contributed by atoms with Crippen molar-refractivity contribution in [3.63, 3.8) is 0 Å². The average Bonchev–Trinajstić information content (AvgIpc) is 3.27. The van der Waals surface area contributed by atoms with Gasteiger partial charge in [-0.2, -0.15) is 13.2 Å². The predicted molar refractivity (Wildman–Crippen MR) is 116 cm³/mol. The summed E-state index contributed by atoms with van der Waals surface area (Å²) in [4.78, 5) is 33.6. The lowest BCUT2D eigenvalue weighted by atomic mass is 9.94. The van der Waals surface area contributed by atoms with E-state index in [9.17, 15) is 22.8 Å². The van der Waals surface area contributed by atoms with E-state index in [1.165, 1.54) is 29.9 Å². The van der Waals surface area contributed by atoms with E-state index in [4.69, 9.17) is 0 Å². The van der Waals surface area contributed by atoms with E-state index in [2.05, 4.69) is 4.98 Å². The molecule has 2 aliphatic heterocycles. The van der Waals surface area contributed by atoms with Crippen LogP contribution in [0.2, 0.25) is 0 Å². The van der Waals surface area contributed by atoms with Gasteiger partial charge in [0.05, 0.1) is 17.7 Å². The van der Waals surface area contributed by atoms with Crippen LogP contribution in [0.3, 0.4) is 0 Å². The zero-order valence-electron chi connectivity index (χ0n) is 17.7. The number of hydrogen-bond donors (Lipinski definition) is 0. The van der Waals surface area contributed by atoms with Crippen molar-refractivity contribution in [1.82, 2.24) is 14.8 Å². The quantitative estimate of drug-likeness (QED) is 0.662. The van der Waals surface area contributed by atoms with Crippen LogP contribution in [0.25, 0.3) is 10.6 Å². The molecule has 2 amide bonds. The molecule has 0 N–H and O–H groups in total. The molecule has 0 saturated carbocycles. The Labute approximate surface area is 189 Å². The molecule has 32 heavy (non-hydrogen) atoms. The van der Waals surface area contributed by atoms with Crippen molar-refractivity contribution in [2.24, 2.45) is 5.92 Å². The van der Waals surface area contributed by atoms with E-state index >= 15 is 0 Å². The largest absolute Gasteiger partial charge is 0.416 e. The third-order valence-corrected chi connectivity index (χ3v) is 7.15. The van der Waals surface area contributed by atoms with Gasteiger partial charge in [0.15, 0.2) is 0 Å². The minimum atomic E-state index is -4.37. The first-order valence-electron chi connectivity index (χ1n) is 11.0. The summed E-state index contributed by atoms with van der Waals surface area (Å²) in [5.74, 6) is 0.207. The average molecular weight is 466 g/mol. The molecule has 4 rings (SSSR count). The van der Waals surface area contributed by atoms with Crippen LogP contribution < -0.4 is 0 Å². The summed E-state index contributed by atoms with van der Waals surface area (Å²) in [6.07, 6.45) is 0.501. The molecule has 3 heterocycles. The zero-order chi connectivity index (χ0) is 22.7. The number of carbonyl (C=O) groups is 2. The minimum Gasteiger partial charge on any atom is -0.342 e. The number of likely N-dealkylation sites (tertiary alicyclic amines) is 2. The van der Waals surface area contributed by atoms with Gasteiger partial charge in [-0.05, 0) is 44.2 Å². The minimum absolute atomic E-state index is 0.00250. The zero-order valence-corrected chi connectivity index (χ0v) is 18.6. The second-order valence-electron chi connectivity index (χ2n) is 8.44. The van der Waals surface area contributed by atoms with Crippen molar-refractivity contribution < 1.29 is 22.8 Å². The highest BCUT2D eigenvalue weighted by atomic mass is 32.1. The Morgan fingerprint density at radius 3 is 2.25 bits per heavy atom. The van der Waals surface area contributed by atoms with Gasteiger partial charge >= 0.3 is 6.18 Å². The summed E-state index contributed by atoms with van der Waals surface area (Å²) < 4.78 is 38.2. The lowest BCUT2D eigenvalue weighted by molar-refractivity contribution is -0.141. The van der Waals surface area contributed by atoms with E-state index in [1.807, 2.05) is 4.90 Å². The van der Waals surface area contributed by atoms with Crippen LogP contribution in [-0.4, -0.2) is 52.8 Å². The van der Waals surface area contributed by atoms with Gasteiger partial charge in [-0.3, -0.25) is 9.59 Å². The molecule has 0 bridgehead atoms. The summed E-state index contributed by atoms with van der Waals surface area (Å²) in [6, 6.07) is 4.88. The fourth-order valence-electron chi connectivity index (χ4n) is 4.34. The number of thiazole rings is 1. The van der Waals surface area contributed by atoms with E-state index in [1.54, 1.807) is 10.3 Å². The highest BCUT2D eigenvalue weighted by Crippen LogP contribution is 2.32. The van der Waals surface area contributed by atoms with Gasteiger partial charge < -0.3 is 9.80 Å². The Hall–Kier alpha value is -2.42. The van der Waals surface area contributed by atoms with Crippen molar-refractivity contribution in [3.05, 3.63) is 40.9 Å². The fourth-order valence-corrected chi connectivity index (χ4v) is 5.16. The van der Waals surface area contributed by atoms with Gasteiger partial charge in [0.2, 0.25) is 11.8 Å². The van der Waals surface area contributed by atoms with Gasteiger partial charge in [-0.15, -0.1) is 11.3 Å². The van der Waals surface area contributed by atoms with Crippen molar-refractivity contribution in [2.45, 2.75) is 44.7 Å². The molecular weight excluding hydrogens is 439 g/mol. The summed E-state index contributed by atoms with van der Waals surface area (Å²) in [6.45, 7) is 2.84. The van der Waals surface area contributed by atoms with E-state index in [-0.39, 0.29) is 24.2 Å². The highest BCUT2D eigenvalue weighted by molar-refractivity contribution is 7.13. The Kier molecular flexibility index (Phi) is 6.83. The van der Waals surface area contributed by atoms with Crippen molar-refractivity contribution in [1.29, 1.82) is 0 Å². The molecule has 0 aliphatic carbocycles. The molecule has 2 fully saturated rings. The Bertz CT molecular complexity index is 944. The number of alkyl halides is 3. The standard InChI is InChI=1S/C23H26F3N3O2S/c24-23(25,26)18-6-4-16(5-7-18)21-27-19(15-32-21)14-20(30)28-12-8-17(9-13-28)22(31)29-10-2-1-3-11-29/h4-7,15,17H,1-3,8-14H2. The lowest BCUT2D eigenvalue weighted by Gasteiger charge is -2.35. The number of aromatic nitrogens is 1. The first-order valence-corrected chi connectivity index (χ1v) is 11.9. The molecule has 5 nitrogen and oxygen atoms in total. The normalized spacial score (nSPS) is 18.1. The number of benzene rings is 1. The van der Waals surface area contributed by atoms with Crippen LogP contribution in [0.5, 0.6) is 0 Å². The molecule has 0 radical (unpaired) electrons.